The van der Waals surface area contributed by atoms with Gasteiger partial charge in [-0.1, -0.05) is 141 Å². The topological polar surface area (TPSA) is 151 Å². The fraction of sp³-hybridized carbons (Fsp3) is 0.404. The highest BCUT2D eigenvalue weighted by atomic mass is 35.5. The molecule has 312 valence electrons. The van der Waals surface area contributed by atoms with Crippen molar-refractivity contribution in [2.75, 3.05) is 11.9 Å². The van der Waals surface area contributed by atoms with Crippen LogP contribution in [0.1, 0.15) is 104 Å². The molecule has 3 heterocycles. The van der Waals surface area contributed by atoms with Crippen LogP contribution >= 0.6 is 23.2 Å². The van der Waals surface area contributed by atoms with E-state index in [4.69, 9.17) is 44.7 Å². The normalized spacial score (nSPS) is 23.1. The molecule has 3 atom stereocenters. The van der Waals surface area contributed by atoms with Crippen LogP contribution in [0.5, 0.6) is 0 Å². The number of pyridine rings is 1. The molecule has 3 aromatic carbocycles. The fourth-order valence-corrected chi connectivity index (χ4v) is 10.5. The van der Waals surface area contributed by atoms with Gasteiger partial charge in [-0.3, -0.25) is 24.2 Å². The van der Waals surface area contributed by atoms with Crippen molar-refractivity contribution in [3.05, 3.63) is 130 Å². The molecule has 0 radical (unpaired) electrons. The Morgan fingerprint density at radius 3 is 2.05 bits per heavy atom. The highest BCUT2D eigenvalue weighted by molar-refractivity contribution is 6.33. The Balaban J connectivity index is 1.09. The molecule has 13 heteroatoms. The quantitative estimate of drug-likeness (QED) is 0.137. The molecule has 0 saturated heterocycles. The zero-order chi connectivity index (χ0) is 42.0. The van der Waals surface area contributed by atoms with Gasteiger partial charge in [-0.05, 0) is 84.9 Å². The summed E-state index contributed by atoms with van der Waals surface area (Å²) < 4.78 is 0. The van der Waals surface area contributed by atoms with Crippen molar-refractivity contribution >= 4 is 58.5 Å². The Bertz CT molecular complexity index is 2240. The molecule has 2 saturated carbocycles. The van der Waals surface area contributed by atoms with Crippen LogP contribution in [0.4, 0.5) is 5.69 Å². The number of likely N-dealkylation sites (N-methyl/N-ethyl adjacent to an activating group) is 1. The summed E-state index contributed by atoms with van der Waals surface area (Å²) in [6.45, 7) is 0.129. The summed E-state index contributed by atoms with van der Waals surface area (Å²) in [5, 5.41) is 0.228. The summed E-state index contributed by atoms with van der Waals surface area (Å²) in [5.74, 6) is 0.489. The minimum Gasteiger partial charge on any atom is -0.369 e. The molecular formula is C47H52Cl2N8O3. The third-order valence-electron chi connectivity index (χ3n) is 13.1. The van der Waals surface area contributed by atoms with Gasteiger partial charge in [0.2, 0.25) is 0 Å². The van der Waals surface area contributed by atoms with Crippen molar-refractivity contribution in [3.63, 3.8) is 0 Å². The van der Waals surface area contributed by atoms with Crippen LogP contribution in [0.25, 0.3) is 0 Å². The van der Waals surface area contributed by atoms with E-state index in [1.54, 1.807) is 7.05 Å². The van der Waals surface area contributed by atoms with Gasteiger partial charge in [-0.25, -0.2) is 15.0 Å². The van der Waals surface area contributed by atoms with Crippen LogP contribution in [-0.4, -0.2) is 63.1 Å². The molecule has 60 heavy (non-hydrogen) atoms. The Morgan fingerprint density at radius 2 is 1.42 bits per heavy atom. The summed E-state index contributed by atoms with van der Waals surface area (Å²) in [6, 6.07) is 29.4. The molecule has 2 aliphatic heterocycles. The number of rotatable bonds is 12. The van der Waals surface area contributed by atoms with Gasteiger partial charge in [-0.2, -0.15) is 0 Å². The van der Waals surface area contributed by atoms with Crippen molar-refractivity contribution in [1.29, 1.82) is 0 Å². The van der Waals surface area contributed by atoms with Crippen molar-refractivity contribution in [2.24, 2.45) is 33.3 Å². The number of halogens is 2. The number of hydrogen-bond donors (Lipinski definition) is 2. The lowest BCUT2D eigenvalue weighted by Gasteiger charge is -2.40. The van der Waals surface area contributed by atoms with Crippen LogP contribution in [-0.2, 0) is 21.7 Å². The number of amides is 3. The first-order valence-electron chi connectivity index (χ1n) is 21.1. The molecule has 4 aromatic rings. The molecule has 1 aromatic heterocycles. The first kappa shape index (κ1) is 41.5. The second kappa shape index (κ2) is 17.4. The molecule has 0 spiro atoms. The monoisotopic (exact) mass is 846 g/mol. The number of nitrogens with zero attached hydrogens (tertiary/aromatic N) is 6. The number of benzene rings is 3. The van der Waals surface area contributed by atoms with Crippen molar-refractivity contribution < 1.29 is 14.4 Å². The van der Waals surface area contributed by atoms with Gasteiger partial charge in [-0.15, -0.1) is 0 Å². The Kier molecular flexibility index (Phi) is 12.0. The molecule has 2 aliphatic carbocycles. The molecule has 11 nitrogen and oxygen atoms in total. The third kappa shape index (κ3) is 8.14. The van der Waals surface area contributed by atoms with Gasteiger partial charge in [0.25, 0.3) is 17.7 Å². The number of hydrogen-bond acceptors (Lipinski definition) is 8. The lowest BCUT2D eigenvalue weighted by atomic mass is 9.74. The predicted molar refractivity (Wildman–Crippen MR) is 237 cm³/mol. The van der Waals surface area contributed by atoms with Gasteiger partial charge >= 0.3 is 0 Å². The van der Waals surface area contributed by atoms with E-state index >= 15 is 0 Å². The van der Waals surface area contributed by atoms with Crippen LogP contribution in [0.2, 0.25) is 10.3 Å². The van der Waals surface area contributed by atoms with Gasteiger partial charge in [0.15, 0.2) is 17.5 Å². The molecule has 4 aliphatic rings. The number of aromatic nitrogens is 1. The van der Waals surface area contributed by atoms with Crippen molar-refractivity contribution in [3.8, 4) is 0 Å². The van der Waals surface area contributed by atoms with Crippen molar-refractivity contribution in [2.45, 2.75) is 101 Å². The van der Waals surface area contributed by atoms with Gasteiger partial charge in [0, 0.05) is 24.3 Å². The van der Waals surface area contributed by atoms with E-state index in [-0.39, 0.29) is 58.5 Å². The summed E-state index contributed by atoms with van der Waals surface area (Å²) in [6.07, 6.45) is 11.5. The smallest absolute Gasteiger partial charge is 0.266 e. The predicted octanol–water partition coefficient (Wildman–Crippen LogP) is 8.47. The van der Waals surface area contributed by atoms with Gasteiger partial charge < -0.3 is 16.4 Å². The zero-order valence-corrected chi connectivity index (χ0v) is 35.5. The number of guanidine groups is 2. The number of carbonyl (C=O) groups excluding carboxylic acids is 3. The van der Waals surface area contributed by atoms with Crippen LogP contribution in [0.15, 0.2) is 107 Å². The maximum atomic E-state index is 14.8. The number of carbonyl (C=O) groups is 3. The lowest BCUT2D eigenvalue weighted by Crippen LogP contribution is -2.47. The number of anilines is 1. The highest BCUT2D eigenvalue weighted by Crippen LogP contribution is 2.43. The first-order valence-corrected chi connectivity index (χ1v) is 21.9. The number of nitrogens with two attached hydrogens (primary N) is 2. The van der Waals surface area contributed by atoms with Crippen LogP contribution in [0, 0.1) is 11.8 Å². The Morgan fingerprint density at radius 1 is 0.767 bits per heavy atom. The Hall–Kier alpha value is -5.26. The average Bonchev–Trinajstić information content (AvgIpc) is 3.63. The van der Waals surface area contributed by atoms with E-state index in [0.717, 1.165) is 31.2 Å². The number of aliphatic imine (C=N–C) groups is 2. The van der Waals surface area contributed by atoms with Gasteiger partial charge in [0.1, 0.15) is 15.8 Å². The van der Waals surface area contributed by atoms with Crippen molar-refractivity contribution in [1.82, 2.24) is 14.8 Å². The Labute approximate surface area is 361 Å². The molecule has 0 bridgehead atoms. The van der Waals surface area contributed by atoms with E-state index in [1.807, 2.05) is 89.8 Å². The standard InChI is InChI=1S/C47H52Cl2N8O3/c1-55-42(59)46(53-44(55)50,24-23-31-13-5-2-6-14-31)29-32-15-11-21-37(25-32)57(41(58)34-27-39(48)52-40(49)28-34)38-22-12-16-33(26-38)30-56-43(60)47(54-45(56)51,35-17-7-3-8-18-35)36-19-9-4-10-20-36/h3-4,7-10,12,16-20,22,26-28,31-32,37H,2,5-6,11,13-15,21,23-25,29-30H2,1H3,(H2,50,53)(H2,51,54)/t32-,37+,46+/m0/s1. The van der Waals surface area contributed by atoms with E-state index < -0.39 is 11.1 Å². The van der Waals surface area contributed by atoms with E-state index in [1.165, 1.54) is 54.0 Å². The third-order valence-corrected chi connectivity index (χ3v) is 13.5. The van der Waals surface area contributed by atoms with E-state index in [9.17, 15) is 14.4 Å². The highest BCUT2D eigenvalue weighted by Gasteiger charge is 2.51. The fourth-order valence-electron chi connectivity index (χ4n) is 10.1. The van der Waals surface area contributed by atoms with Crippen LogP contribution in [0.3, 0.4) is 0 Å². The SMILES string of the molecule is CN1C(=O)[C@@](CCC2CCCCC2)(C[C@H]2CCC[C@@H](N(C(=O)c3cc(Cl)nc(Cl)c3)c3cccc(CN4C(=O)C(c5ccccc5)(c5ccccc5)N=C4N)c3)C2)N=C1N. The molecule has 4 N–H and O–H groups in total. The molecular weight excluding hydrogens is 795 g/mol. The average molecular weight is 848 g/mol. The second-order valence-corrected chi connectivity index (χ2v) is 17.7. The summed E-state index contributed by atoms with van der Waals surface area (Å²) in [4.78, 5) is 62.2. The molecule has 8 rings (SSSR count). The summed E-state index contributed by atoms with van der Waals surface area (Å²) in [5.41, 5.74) is 13.9. The summed E-state index contributed by atoms with van der Waals surface area (Å²) >= 11 is 12.7. The van der Waals surface area contributed by atoms with Gasteiger partial charge in [0.05, 0.1) is 6.54 Å². The second-order valence-electron chi connectivity index (χ2n) is 16.9. The lowest BCUT2D eigenvalue weighted by molar-refractivity contribution is -0.131. The minimum absolute atomic E-state index is 0.0394. The van der Waals surface area contributed by atoms with Crippen LogP contribution < -0.4 is 16.4 Å². The first-order chi connectivity index (χ1) is 29.0. The summed E-state index contributed by atoms with van der Waals surface area (Å²) in [7, 11) is 1.71. The van der Waals surface area contributed by atoms with E-state index in [0.29, 0.717) is 47.6 Å². The maximum Gasteiger partial charge on any atom is 0.266 e. The molecule has 2 fully saturated rings. The molecule has 3 amide bonds. The minimum atomic E-state index is -1.35. The maximum absolute atomic E-state index is 14.8. The van der Waals surface area contributed by atoms with E-state index in [2.05, 4.69) is 4.98 Å². The molecule has 0 unspecified atom stereocenters. The zero-order valence-electron chi connectivity index (χ0n) is 34.0. The largest absolute Gasteiger partial charge is 0.369 e.